The number of hydrogen-bond acceptors (Lipinski definition) is 5. The Hall–Kier alpha value is -2.29. The lowest BCUT2D eigenvalue weighted by molar-refractivity contribution is 0.583. The summed E-state index contributed by atoms with van der Waals surface area (Å²) in [6, 6.07) is 12.2. The normalized spacial score (nSPS) is 11.6. The fourth-order valence-corrected chi connectivity index (χ4v) is 4.53. The number of hydrogen-bond donors (Lipinski definition) is 1. The van der Waals surface area contributed by atoms with Crippen LogP contribution in [0.2, 0.25) is 0 Å². The summed E-state index contributed by atoms with van der Waals surface area (Å²) in [6.07, 6.45) is 0. The molecule has 1 aromatic carbocycles. The standard InChI is InChI=1S/C17H17N3O3S2/c1-12-5-3-4-6-13(12)10-18-25(22,23)17-9-14(11-24-17)15-7-8-16(21)20(2)19-15/h3-9,11,18H,10H2,1-2H3. The molecule has 0 unspecified atom stereocenters. The molecule has 8 heteroatoms. The van der Waals surface area contributed by atoms with E-state index in [0.717, 1.165) is 22.5 Å². The van der Waals surface area contributed by atoms with Crippen molar-refractivity contribution in [2.24, 2.45) is 7.05 Å². The largest absolute Gasteiger partial charge is 0.268 e. The van der Waals surface area contributed by atoms with Crippen LogP contribution in [-0.2, 0) is 23.6 Å². The summed E-state index contributed by atoms with van der Waals surface area (Å²) in [5.74, 6) is 0. The summed E-state index contributed by atoms with van der Waals surface area (Å²) in [5, 5.41) is 5.86. The lowest BCUT2D eigenvalue weighted by atomic mass is 10.1. The van der Waals surface area contributed by atoms with Gasteiger partial charge >= 0.3 is 0 Å². The van der Waals surface area contributed by atoms with Gasteiger partial charge in [0.25, 0.3) is 5.56 Å². The van der Waals surface area contributed by atoms with Crippen LogP contribution in [0.3, 0.4) is 0 Å². The van der Waals surface area contributed by atoms with Gasteiger partial charge in [-0.15, -0.1) is 11.3 Å². The molecule has 6 nitrogen and oxygen atoms in total. The maximum atomic E-state index is 12.5. The first-order valence-electron chi connectivity index (χ1n) is 7.54. The Morgan fingerprint density at radius 3 is 2.68 bits per heavy atom. The summed E-state index contributed by atoms with van der Waals surface area (Å²) < 4.78 is 29.1. The highest BCUT2D eigenvalue weighted by Crippen LogP contribution is 2.26. The Morgan fingerprint density at radius 1 is 1.20 bits per heavy atom. The lowest BCUT2D eigenvalue weighted by Crippen LogP contribution is -2.22. The second kappa shape index (κ2) is 6.91. The molecule has 0 amide bonds. The maximum absolute atomic E-state index is 12.5. The number of thiophene rings is 1. The van der Waals surface area contributed by atoms with Gasteiger partial charge in [-0.05, 0) is 30.2 Å². The quantitative estimate of drug-likeness (QED) is 0.742. The molecule has 0 atom stereocenters. The van der Waals surface area contributed by atoms with Gasteiger partial charge < -0.3 is 0 Å². The van der Waals surface area contributed by atoms with Gasteiger partial charge in [0.2, 0.25) is 10.0 Å². The molecule has 3 aromatic rings. The van der Waals surface area contributed by atoms with Crippen LogP contribution in [0, 0.1) is 6.92 Å². The molecular weight excluding hydrogens is 358 g/mol. The highest BCUT2D eigenvalue weighted by Gasteiger charge is 2.18. The molecular formula is C17H17N3O3S2. The first-order chi connectivity index (χ1) is 11.9. The Bertz CT molecular complexity index is 1070. The Kier molecular flexibility index (Phi) is 4.85. The van der Waals surface area contributed by atoms with Crippen LogP contribution < -0.4 is 10.3 Å². The Labute approximate surface area is 149 Å². The second-order valence-electron chi connectivity index (χ2n) is 5.59. The number of aromatic nitrogens is 2. The summed E-state index contributed by atoms with van der Waals surface area (Å²) in [5.41, 5.74) is 2.97. The predicted molar refractivity (Wildman–Crippen MR) is 98.0 cm³/mol. The van der Waals surface area contributed by atoms with Crippen molar-refractivity contribution in [1.29, 1.82) is 0 Å². The van der Waals surface area contributed by atoms with Crippen LogP contribution in [0.1, 0.15) is 11.1 Å². The van der Waals surface area contributed by atoms with Crippen LogP contribution >= 0.6 is 11.3 Å². The number of benzene rings is 1. The van der Waals surface area contributed by atoms with E-state index < -0.39 is 10.0 Å². The summed E-state index contributed by atoms with van der Waals surface area (Å²) >= 11 is 1.12. The van der Waals surface area contributed by atoms with Gasteiger partial charge in [-0.1, -0.05) is 24.3 Å². The molecule has 2 heterocycles. The van der Waals surface area contributed by atoms with E-state index in [0.29, 0.717) is 11.3 Å². The molecule has 0 fully saturated rings. The topological polar surface area (TPSA) is 81.1 Å². The van der Waals surface area contributed by atoms with Crippen molar-refractivity contribution in [2.75, 3.05) is 0 Å². The maximum Gasteiger partial charge on any atom is 0.266 e. The number of nitrogens with zero attached hydrogens (tertiary/aromatic N) is 2. The number of aryl methyl sites for hydroxylation is 2. The van der Waals surface area contributed by atoms with E-state index in [4.69, 9.17) is 0 Å². The fourth-order valence-electron chi connectivity index (χ4n) is 2.30. The van der Waals surface area contributed by atoms with Gasteiger partial charge in [-0.25, -0.2) is 17.8 Å². The van der Waals surface area contributed by atoms with E-state index >= 15 is 0 Å². The molecule has 2 aromatic heterocycles. The first kappa shape index (κ1) is 17.5. The van der Waals surface area contributed by atoms with Crippen molar-refractivity contribution in [3.05, 3.63) is 69.3 Å². The average Bonchev–Trinajstić information content (AvgIpc) is 3.08. The van der Waals surface area contributed by atoms with E-state index in [1.54, 1.807) is 24.6 Å². The van der Waals surface area contributed by atoms with Crippen molar-refractivity contribution in [1.82, 2.24) is 14.5 Å². The van der Waals surface area contributed by atoms with Crippen molar-refractivity contribution in [3.63, 3.8) is 0 Å². The summed E-state index contributed by atoms with van der Waals surface area (Å²) in [7, 11) is -2.05. The van der Waals surface area contributed by atoms with E-state index in [-0.39, 0.29) is 16.3 Å². The molecule has 0 saturated carbocycles. The molecule has 0 aliphatic carbocycles. The van der Waals surface area contributed by atoms with Gasteiger partial charge in [-0.3, -0.25) is 4.79 Å². The van der Waals surface area contributed by atoms with E-state index in [1.807, 2.05) is 31.2 Å². The third-order valence-electron chi connectivity index (χ3n) is 3.81. The monoisotopic (exact) mass is 375 g/mol. The summed E-state index contributed by atoms with van der Waals surface area (Å²) in [4.78, 5) is 11.4. The third-order valence-corrected chi connectivity index (χ3v) is 6.65. The van der Waals surface area contributed by atoms with E-state index in [2.05, 4.69) is 9.82 Å². The molecule has 0 radical (unpaired) electrons. The molecule has 0 aliphatic heterocycles. The zero-order valence-corrected chi connectivity index (χ0v) is 15.4. The van der Waals surface area contributed by atoms with Crippen LogP contribution in [0.4, 0.5) is 0 Å². The predicted octanol–water partition coefficient (Wildman–Crippen LogP) is 2.30. The van der Waals surface area contributed by atoms with Crippen molar-refractivity contribution in [2.45, 2.75) is 17.7 Å². The Morgan fingerprint density at radius 2 is 1.96 bits per heavy atom. The molecule has 1 N–H and O–H groups in total. The SMILES string of the molecule is Cc1ccccc1CNS(=O)(=O)c1cc(-c2ccc(=O)n(C)n2)cs1. The average molecular weight is 375 g/mol. The molecule has 0 bridgehead atoms. The smallest absolute Gasteiger partial charge is 0.266 e. The molecule has 0 spiro atoms. The zero-order valence-electron chi connectivity index (χ0n) is 13.8. The van der Waals surface area contributed by atoms with Crippen LogP contribution in [0.25, 0.3) is 11.3 Å². The minimum absolute atomic E-state index is 0.215. The highest BCUT2D eigenvalue weighted by atomic mass is 32.2. The van der Waals surface area contributed by atoms with Crippen molar-refractivity contribution < 1.29 is 8.42 Å². The molecule has 130 valence electrons. The van der Waals surface area contributed by atoms with Gasteiger partial charge in [0.15, 0.2) is 0 Å². The van der Waals surface area contributed by atoms with Crippen LogP contribution in [-0.4, -0.2) is 18.2 Å². The van der Waals surface area contributed by atoms with E-state index in [1.165, 1.54) is 10.7 Å². The lowest BCUT2D eigenvalue weighted by Gasteiger charge is -2.07. The minimum Gasteiger partial charge on any atom is -0.268 e. The van der Waals surface area contributed by atoms with Gasteiger partial charge in [0.1, 0.15) is 4.21 Å². The van der Waals surface area contributed by atoms with Gasteiger partial charge in [0.05, 0.1) is 5.69 Å². The number of nitrogens with one attached hydrogen (secondary N) is 1. The third kappa shape index (κ3) is 3.87. The van der Waals surface area contributed by atoms with Crippen LogP contribution in [0.15, 0.2) is 56.8 Å². The van der Waals surface area contributed by atoms with Gasteiger partial charge in [-0.2, -0.15) is 5.10 Å². The second-order valence-corrected chi connectivity index (χ2v) is 8.49. The number of rotatable bonds is 5. The fraction of sp³-hybridized carbons (Fsp3) is 0.176. The minimum atomic E-state index is -3.61. The molecule has 0 aliphatic rings. The zero-order chi connectivity index (χ0) is 18.0. The molecule has 0 saturated heterocycles. The first-order valence-corrected chi connectivity index (χ1v) is 9.90. The van der Waals surface area contributed by atoms with Crippen molar-refractivity contribution in [3.8, 4) is 11.3 Å². The van der Waals surface area contributed by atoms with E-state index in [9.17, 15) is 13.2 Å². The van der Waals surface area contributed by atoms with Gasteiger partial charge in [0, 0.05) is 30.6 Å². The summed E-state index contributed by atoms with van der Waals surface area (Å²) in [6.45, 7) is 2.18. The molecule has 25 heavy (non-hydrogen) atoms. The van der Waals surface area contributed by atoms with Crippen LogP contribution in [0.5, 0.6) is 0 Å². The van der Waals surface area contributed by atoms with Crippen molar-refractivity contribution >= 4 is 21.4 Å². The Balaban J connectivity index is 1.81. The molecule has 3 rings (SSSR count). The number of sulfonamides is 1. The highest BCUT2D eigenvalue weighted by molar-refractivity contribution is 7.91.